The molecule has 0 bridgehead atoms. The number of anilines is 1. The third-order valence-corrected chi connectivity index (χ3v) is 5.19. The molecule has 2 rings (SSSR count). The minimum absolute atomic E-state index is 0.0250. The van der Waals surface area contributed by atoms with Gasteiger partial charge in [0, 0.05) is 29.5 Å². The fraction of sp³-hybridized carbons (Fsp3) is 0.529. The number of amides is 2. The van der Waals surface area contributed by atoms with E-state index in [1.54, 1.807) is 24.3 Å². The molecule has 1 aliphatic carbocycles. The average Bonchev–Trinajstić information content (AvgIpc) is 2.49. The molecule has 1 aliphatic rings. The zero-order chi connectivity index (χ0) is 15.9. The molecule has 0 radical (unpaired) electrons. The van der Waals surface area contributed by atoms with E-state index < -0.39 is 0 Å². The van der Waals surface area contributed by atoms with Crippen molar-refractivity contribution in [3.63, 3.8) is 0 Å². The molecule has 5 heteroatoms. The summed E-state index contributed by atoms with van der Waals surface area (Å²) in [5.41, 5.74) is 1.35. The number of benzene rings is 1. The van der Waals surface area contributed by atoms with Crippen molar-refractivity contribution in [1.82, 2.24) is 5.32 Å². The maximum Gasteiger partial charge on any atom is 0.251 e. The SMILES string of the molecule is CCSC1CCCCC1NC(=O)c1ccc(NC(C)=O)cc1. The number of nitrogens with one attached hydrogen (secondary N) is 2. The summed E-state index contributed by atoms with van der Waals surface area (Å²) in [5.74, 6) is 0.949. The maximum atomic E-state index is 12.4. The second-order valence-electron chi connectivity index (χ2n) is 5.62. The van der Waals surface area contributed by atoms with Gasteiger partial charge in [0.2, 0.25) is 5.91 Å². The van der Waals surface area contributed by atoms with Gasteiger partial charge in [-0.3, -0.25) is 9.59 Å². The van der Waals surface area contributed by atoms with Crippen molar-refractivity contribution in [3.8, 4) is 0 Å². The van der Waals surface area contributed by atoms with Gasteiger partial charge >= 0.3 is 0 Å². The van der Waals surface area contributed by atoms with E-state index in [1.165, 1.54) is 26.2 Å². The highest BCUT2D eigenvalue weighted by atomic mass is 32.2. The van der Waals surface area contributed by atoms with Crippen LogP contribution in [0.1, 0.15) is 49.9 Å². The smallest absolute Gasteiger partial charge is 0.251 e. The molecule has 4 nitrogen and oxygen atoms in total. The van der Waals surface area contributed by atoms with E-state index in [9.17, 15) is 9.59 Å². The molecule has 2 amide bonds. The lowest BCUT2D eigenvalue weighted by atomic mass is 9.94. The Bertz CT molecular complexity index is 514. The van der Waals surface area contributed by atoms with Crippen molar-refractivity contribution in [3.05, 3.63) is 29.8 Å². The van der Waals surface area contributed by atoms with Gasteiger partial charge in [-0.05, 0) is 42.9 Å². The van der Waals surface area contributed by atoms with Gasteiger partial charge in [-0.2, -0.15) is 11.8 Å². The maximum absolute atomic E-state index is 12.4. The number of hydrogen-bond acceptors (Lipinski definition) is 3. The van der Waals surface area contributed by atoms with E-state index in [1.807, 2.05) is 11.8 Å². The quantitative estimate of drug-likeness (QED) is 0.874. The zero-order valence-corrected chi connectivity index (χ0v) is 14.0. The molecular formula is C17H24N2O2S. The van der Waals surface area contributed by atoms with E-state index >= 15 is 0 Å². The first-order valence-corrected chi connectivity index (χ1v) is 8.95. The highest BCUT2D eigenvalue weighted by molar-refractivity contribution is 7.99. The highest BCUT2D eigenvalue weighted by Gasteiger charge is 2.26. The van der Waals surface area contributed by atoms with Crippen molar-refractivity contribution in [1.29, 1.82) is 0 Å². The lowest BCUT2D eigenvalue weighted by Gasteiger charge is -2.31. The molecule has 2 unspecified atom stereocenters. The third kappa shape index (κ3) is 4.77. The summed E-state index contributed by atoms with van der Waals surface area (Å²) in [4.78, 5) is 23.4. The van der Waals surface area contributed by atoms with Gasteiger partial charge < -0.3 is 10.6 Å². The van der Waals surface area contributed by atoms with Crippen molar-refractivity contribution in [2.75, 3.05) is 11.1 Å². The molecule has 120 valence electrons. The number of thioether (sulfide) groups is 1. The van der Waals surface area contributed by atoms with Crippen molar-refractivity contribution < 1.29 is 9.59 Å². The van der Waals surface area contributed by atoms with Gasteiger partial charge in [0.1, 0.15) is 0 Å². The fourth-order valence-electron chi connectivity index (χ4n) is 2.84. The Morgan fingerprint density at radius 1 is 1.18 bits per heavy atom. The molecule has 0 aliphatic heterocycles. The van der Waals surface area contributed by atoms with E-state index in [0.717, 1.165) is 12.2 Å². The van der Waals surface area contributed by atoms with Gasteiger partial charge in [-0.15, -0.1) is 0 Å². The lowest BCUT2D eigenvalue weighted by molar-refractivity contribution is -0.114. The molecule has 2 atom stereocenters. The largest absolute Gasteiger partial charge is 0.348 e. The van der Waals surface area contributed by atoms with Gasteiger partial charge in [0.15, 0.2) is 0 Å². The van der Waals surface area contributed by atoms with Crippen LogP contribution in [-0.4, -0.2) is 28.9 Å². The standard InChI is InChI=1S/C17H24N2O2S/c1-3-22-16-7-5-4-6-15(16)19-17(21)13-8-10-14(11-9-13)18-12(2)20/h8-11,15-16H,3-7H2,1-2H3,(H,18,20)(H,19,21). The summed E-state index contributed by atoms with van der Waals surface area (Å²) in [6, 6.07) is 7.29. The highest BCUT2D eigenvalue weighted by Crippen LogP contribution is 2.28. The first kappa shape index (κ1) is 16.9. The van der Waals surface area contributed by atoms with Crippen molar-refractivity contribution >= 4 is 29.3 Å². The van der Waals surface area contributed by atoms with Crippen LogP contribution in [-0.2, 0) is 4.79 Å². The van der Waals surface area contributed by atoms with E-state index in [-0.39, 0.29) is 17.9 Å². The fourth-order valence-corrected chi connectivity index (χ4v) is 4.03. The Kier molecular flexibility index (Phi) is 6.31. The van der Waals surface area contributed by atoms with Crippen molar-refractivity contribution in [2.45, 2.75) is 50.8 Å². The molecule has 1 fully saturated rings. The van der Waals surface area contributed by atoms with Gasteiger partial charge in [-0.25, -0.2) is 0 Å². The van der Waals surface area contributed by atoms with Crippen LogP contribution in [0.2, 0.25) is 0 Å². The van der Waals surface area contributed by atoms with Crippen LogP contribution >= 0.6 is 11.8 Å². The molecule has 1 aromatic carbocycles. The molecule has 22 heavy (non-hydrogen) atoms. The number of carbonyl (C=O) groups excluding carboxylic acids is 2. The summed E-state index contributed by atoms with van der Waals surface area (Å²) < 4.78 is 0. The van der Waals surface area contributed by atoms with Crippen molar-refractivity contribution in [2.24, 2.45) is 0 Å². The molecule has 1 aromatic rings. The summed E-state index contributed by atoms with van der Waals surface area (Å²) >= 11 is 1.94. The van der Waals surface area contributed by atoms with Crippen LogP contribution in [0.4, 0.5) is 5.69 Å². The predicted octanol–water partition coefficient (Wildman–Crippen LogP) is 3.44. The Labute approximate surface area is 136 Å². The summed E-state index contributed by atoms with van der Waals surface area (Å²) in [5, 5.41) is 6.41. The van der Waals surface area contributed by atoms with E-state index in [0.29, 0.717) is 16.5 Å². The summed E-state index contributed by atoms with van der Waals surface area (Å²) in [6.45, 7) is 3.63. The number of carbonyl (C=O) groups is 2. The van der Waals surface area contributed by atoms with Crippen LogP contribution in [0.25, 0.3) is 0 Å². The average molecular weight is 320 g/mol. The van der Waals surface area contributed by atoms with E-state index in [4.69, 9.17) is 0 Å². The molecular weight excluding hydrogens is 296 g/mol. The molecule has 0 aromatic heterocycles. The Hall–Kier alpha value is -1.49. The Morgan fingerprint density at radius 3 is 2.50 bits per heavy atom. The first-order chi connectivity index (χ1) is 10.6. The molecule has 1 saturated carbocycles. The minimum atomic E-state index is -0.112. The topological polar surface area (TPSA) is 58.2 Å². The number of hydrogen-bond donors (Lipinski definition) is 2. The molecule has 0 saturated heterocycles. The second-order valence-corrected chi connectivity index (χ2v) is 7.13. The van der Waals surface area contributed by atoms with Crippen LogP contribution in [0, 0.1) is 0 Å². The third-order valence-electron chi connectivity index (χ3n) is 3.87. The monoisotopic (exact) mass is 320 g/mol. The van der Waals surface area contributed by atoms with Crippen LogP contribution in [0.3, 0.4) is 0 Å². The second kappa shape index (κ2) is 8.22. The van der Waals surface area contributed by atoms with Crippen LogP contribution in [0.5, 0.6) is 0 Å². The molecule has 2 N–H and O–H groups in total. The zero-order valence-electron chi connectivity index (χ0n) is 13.2. The van der Waals surface area contributed by atoms with Gasteiger partial charge in [-0.1, -0.05) is 19.8 Å². The minimum Gasteiger partial charge on any atom is -0.348 e. The predicted molar refractivity (Wildman–Crippen MR) is 92.4 cm³/mol. The van der Waals surface area contributed by atoms with E-state index in [2.05, 4.69) is 17.6 Å². The Morgan fingerprint density at radius 2 is 1.86 bits per heavy atom. The van der Waals surface area contributed by atoms with Crippen LogP contribution < -0.4 is 10.6 Å². The number of rotatable bonds is 5. The summed E-state index contributed by atoms with van der Waals surface area (Å²) in [6.07, 6.45) is 4.70. The Balaban J connectivity index is 1.97. The normalized spacial score (nSPS) is 21.2. The first-order valence-electron chi connectivity index (χ1n) is 7.90. The van der Waals surface area contributed by atoms with Gasteiger partial charge in [0.05, 0.1) is 0 Å². The molecule has 0 spiro atoms. The summed E-state index contributed by atoms with van der Waals surface area (Å²) in [7, 11) is 0. The van der Waals surface area contributed by atoms with Crippen LogP contribution in [0.15, 0.2) is 24.3 Å². The van der Waals surface area contributed by atoms with Gasteiger partial charge in [0.25, 0.3) is 5.91 Å². The molecule has 0 heterocycles. The lowest BCUT2D eigenvalue weighted by Crippen LogP contribution is -2.43.